The van der Waals surface area contributed by atoms with Crippen LogP contribution >= 0.6 is 0 Å². The number of urea groups is 1. The minimum Gasteiger partial charge on any atom is -0.397 e. The lowest BCUT2D eigenvalue weighted by atomic mass is 10.1. The molecule has 0 unspecified atom stereocenters. The molecule has 2 aromatic rings. The van der Waals surface area contributed by atoms with Gasteiger partial charge in [-0.05, 0) is 24.3 Å². The van der Waals surface area contributed by atoms with E-state index in [-0.39, 0.29) is 6.03 Å². The average Bonchev–Trinajstić information content (AvgIpc) is 2.33. The Hall–Kier alpha value is -2.30. The lowest BCUT2D eigenvalue weighted by molar-refractivity contribution is 0.231. The van der Waals surface area contributed by atoms with Crippen LogP contribution < -0.4 is 11.1 Å². The SMILES string of the molecule is CN(C)C(=O)Nc1ccc(N)c2ncccc12. The molecule has 0 aliphatic rings. The summed E-state index contributed by atoms with van der Waals surface area (Å²) < 4.78 is 0. The number of fused-ring (bicyclic) bond motifs is 1. The van der Waals surface area contributed by atoms with E-state index in [9.17, 15) is 4.79 Å². The Morgan fingerprint density at radius 2 is 2.12 bits per heavy atom. The van der Waals surface area contributed by atoms with Crippen molar-refractivity contribution in [2.24, 2.45) is 0 Å². The minimum atomic E-state index is -0.181. The third kappa shape index (κ3) is 2.13. The van der Waals surface area contributed by atoms with Crippen molar-refractivity contribution < 1.29 is 4.79 Å². The topological polar surface area (TPSA) is 71.2 Å². The average molecular weight is 230 g/mol. The van der Waals surface area contributed by atoms with Crippen LogP contribution in [-0.2, 0) is 0 Å². The molecule has 3 N–H and O–H groups in total. The molecule has 1 aromatic carbocycles. The fourth-order valence-corrected chi connectivity index (χ4v) is 1.53. The summed E-state index contributed by atoms with van der Waals surface area (Å²) in [5, 5.41) is 3.64. The number of benzene rings is 1. The van der Waals surface area contributed by atoms with Crippen molar-refractivity contribution in [3.8, 4) is 0 Å². The van der Waals surface area contributed by atoms with Gasteiger partial charge in [0.05, 0.1) is 16.9 Å². The molecular weight excluding hydrogens is 216 g/mol. The van der Waals surface area contributed by atoms with Crippen molar-refractivity contribution in [3.63, 3.8) is 0 Å². The number of carbonyl (C=O) groups excluding carboxylic acids is 1. The summed E-state index contributed by atoms with van der Waals surface area (Å²) in [6, 6.07) is 7.03. The number of nitrogen functional groups attached to an aromatic ring is 1. The van der Waals surface area contributed by atoms with Gasteiger partial charge in [-0.2, -0.15) is 0 Å². The number of rotatable bonds is 1. The van der Waals surface area contributed by atoms with Gasteiger partial charge in [-0.1, -0.05) is 0 Å². The summed E-state index contributed by atoms with van der Waals surface area (Å²) in [5.41, 5.74) is 7.84. The first-order chi connectivity index (χ1) is 8.09. The summed E-state index contributed by atoms with van der Waals surface area (Å²) in [6.07, 6.45) is 1.68. The van der Waals surface area contributed by atoms with Crippen LogP contribution in [0.2, 0.25) is 0 Å². The van der Waals surface area contributed by atoms with Crippen molar-refractivity contribution in [2.45, 2.75) is 0 Å². The number of carbonyl (C=O) groups is 1. The van der Waals surface area contributed by atoms with E-state index in [1.54, 1.807) is 32.4 Å². The normalized spacial score (nSPS) is 10.2. The summed E-state index contributed by atoms with van der Waals surface area (Å²) in [6.45, 7) is 0. The van der Waals surface area contributed by atoms with Gasteiger partial charge in [-0.25, -0.2) is 4.79 Å². The van der Waals surface area contributed by atoms with Crippen LogP contribution in [0.4, 0.5) is 16.2 Å². The van der Waals surface area contributed by atoms with E-state index >= 15 is 0 Å². The summed E-state index contributed by atoms with van der Waals surface area (Å²) >= 11 is 0. The van der Waals surface area contributed by atoms with Gasteiger partial charge in [0.2, 0.25) is 0 Å². The Morgan fingerprint density at radius 1 is 1.35 bits per heavy atom. The van der Waals surface area contributed by atoms with E-state index in [0.717, 1.165) is 5.39 Å². The van der Waals surface area contributed by atoms with Gasteiger partial charge in [0.15, 0.2) is 0 Å². The largest absolute Gasteiger partial charge is 0.397 e. The van der Waals surface area contributed by atoms with Crippen LogP contribution in [0.25, 0.3) is 10.9 Å². The maximum Gasteiger partial charge on any atom is 0.321 e. The highest BCUT2D eigenvalue weighted by Crippen LogP contribution is 2.26. The number of nitrogens with one attached hydrogen (secondary N) is 1. The fraction of sp³-hybridized carbons (Fsp3) is 0.167. The first-order valence-corrected chi connectivity index (χ1v) is 5.21. The first-order valence-electron chi connectivity index (χ1n) is 5.21. The van der Waals surface area contributed by atoms with E-state index in [1.165, 1.54) is 4.90 Å². The molecule has 0 bridgehead atoms. The highest BCUT2D eigenvalue weighted by molar-refractivity contribution is 6.03. The minimum absolute atomic E-state index is 0.181. The third-order valence-corrected chi connectivity index (χ3v) is 2.45. The second kappa shape index (κ2) is 4.29. The van der Waals surface area contributed by atoms with Gasteiger partial charge in [-0.3, -0.25) is 4.98 Å². The number of nitrogens with zero attached hydrogens (tertiary/aromatic N) is 2. The quantitative estimate of drug-likeness (QED) is 0.735. The number of hydrogen-bond acceptors (Lipinski definition) is 3. The highest BCUT2D eigenvalue weighted by Gasteiger charge is 2.08. The molecule has 5 nitrogen and oxygen atoms in total. The van der Waals surface area contributed by atoms with Crippen molar-refractivity contribution in [1.82, 2.24) is 9.88 Å². The monoisotopic (exact) mass is 230 g/mol. The molecule has 5 heteroatoms. The molecule has 88 valence electrons. The molecular formula is C12H14N4O. The maximum absolute atomic E-state index is 11.6. The molecule has 0 atom stereocenters. The molecule has 0 aliphatic carbocycles. The molecule has 0 aliphatic heterocycles. The molecule has 17 heavy (non-hydrogen) atoms. The Balaban J connectivity index is 2.48. The van der Waals surface area contributed by atoms with Gasteiger partial charge in [-0.15, -0.1) is 0 Å². The lowest BCUT2D eigenvalue weighted by Gasteiger charge is -2.14. The predicted octanol–water partition coefficient (Wildman–Crippen LogP) is 1.91. The Bertz CT molecular complexity index is 565. The zero-order valence-electron chi connectivity index (χ0n) is 9.77. The van der Waals surface area contributed by atoms with E-state index in [0.29, 0.717) is 16.9 Å². The lowest BCUT2D eigenvalue weighted by Crippen LogP contribution is -2.27. The van der Waals surface area contributed by atoms with E-state index in [4.69, 9.17) is 5.73 Å². The zero-order valence-corrected chi connectivity index (χ0v) is 9.77. The number of nitrogens with two attached hydrogens (primary N) is 1. The van der Waals surface area contributed by atoms with Crippen molar-refractivity contribution in [1.29, 1.82) is 0 Å². The molecule has 0 saturated carbocycles. The summed E-state index contributed by atoms with van der Waals surface area (Å²) in [5.74, 6) is 0. The number of pyridine rings is 1. The van der Waals surface area contributed by atoms with Gasteiger partial charge in [0.25, 0.3) is 0 Å². The molecule has 0 fully saturated rings. The van der Waals surface area contributed by atoms with Gasteiger partial charge in [0, 0.05) is 25.7 Å². The number of anilines is 2. The van der Waals surface area contributed by atoms with Crippen LogP contribution in [0.5, 0.6) is 0 Å². The Labute approximate surface area is 99.2 Å². The van der Waals surface area contributed by atoms with Crippen molar-refractivity contribution >= 4 is 28.3 Å². The summed E-state index contributed by atoms with van der Waals surface area (Å²) in [4.78, 5) is 17.3. The predicted molar refractivity (Wildman–Crippen MR) is 68.9 cm³/mol. The van der Waals surface area contributed by atoms with Crippen LogP contribution in [0.1, 0.15) is 0 Å². The smallest absolute Gasteiger partial charge is 0.321 e. The Kier molecular flexibility index (Phi) is 2.82. The summed E-state index contributed by atoms with van der Waals surface area (Å²) in [7, 11) is 3.38. The highest BCUT2D eigenvalue weighted by atomic mass is 16.2. The van der Waals surface area contributed by atoms with Crippen molar-refractivity contribution in [3.05, 3.63) is 30.5 Å². The van der Waals surface area contributed by atoms with Crippen LogP contribution in [0.15, 0.2) is 30.5 Å². The van der Waals surface area contributed by atoms with Crippen LogP contribution in [0.3, 0.4) is 0 Å². The maximum atomic E-state index is 11.6. The third-order valence-electron chi connectivity index (χ3n) is 2.45. The zero-order chi connectivity index (χ0) is 12.4. The molecule has 2 rings (SSSR count). The number of hydrogen-bond donors (Lipinski definition) is 2. The molecule has 1 heterocycles. The second-order valence-corrected chi connectivity index (χ2v) is 3.93. The van der Waals surface area contributed by atoms with Crippen LogP contribution in [0, 0.1) is 0 Å². The van der Waals surface area contributed by atoms with Crippen LogP contribution in [-0.4, -0.2) is 30.0 Å². The molecule has 2 amide bonds. The number of amides is 2. The fourth-order valence-electron chi connectivity index (χ4n) is 1.53. The second-order valence-electron chi connectivity index (χ2n) is 3.93. The molecule has 0 saturated heterocycles. The van der Waals surface area contributed by atoms with Gasteiger partial charge >= 0.3 is 6.03 Å². The first kappa shape index (κ1) is 11.2. The number of aromatic nitrogens is 1. The van der Waals surface area contributed by atoms with E-state index in [2.05, 4.69) is 10.3 Å². The molecule has 0 spiro atoms. The molecule has 0 radical (unpaired) electrons. The van der Waals surface area contributed by atoms with Gasteiger partial charge in [0.1, 0.15) is 0 Å². The standard InChI is InChI=1S/C12H14N4O/c1-16(2)12(17)15-10-6-5-9(13)11-8(10)4-3-7-14-11/h3-7H,13H2,1-2H3,(H,15,17). The van der Waals surface area contributed by atoms with Crippen molar-refractivity contribution in [2.75, 3.05) is 25.1 Å². The van der Waals surface area contributed by atoms with E-state index < -0.39 is 0 Å². The molecule has 1 aromatic heterocycles. The van der Waals surface area contributed by atoms with Gasteiger partial charge < -0.3 is 16.0 Å². The van der Waals surface area contributed by atoms with E-state index in [1.807, 2.05) is 12.1 Å². The Morgan fingerprint density at radius 3 is 2.82 bits per heavy atom.